The van der Waals surface area contributed by atoms with Crippen LogP contribution in [0.5, 0.6) is 0 Å². The molecule has 1 aromatic carbocycles. The maximum absolute atomic E-state index is 13.1. The van der Waals surface area contributed by atoms with Crippen molar-refractivity contribution >= 4 is 0 Å². The van der Waals surface area contributed by atoms with Crippen molar-refractivity contribution in [3.63, 3.8) is 0 Å². The molecule has 84 valence electrons. The molecule has 0 spiro atoms. The Kier molecular flexibility index (Phi) is 2.88. The average molecular weight is 223 g/mol. The van der Waals surface area contributed by atoms with Crippen LogP contribution in [0.2, 0.25) is 0 Å². The fourth-order valence-corrected chi connectivity index (χ4v) is 1.92. The van der Waals surface area contributed by atoms with Crippen molar-refractivity contribution < 1.29 is 13.5 Å². The van der Waals surface area contributed by atoms with E-state index in [-0.39, 0.29) is 5.41 Å². The van der Waals surface area contributed by atoms with E-state index >= 15 is 0 Å². The summed E-state index contributed by atoms with van der Waals surface area (Å²) < 4.78 is 31.0. The van der Waals surface area contributed by atoms with Crippen LogP contribution < -0.4 is 0 Å². The molecule has 0 bridgehead atoms. The minimum absolute atomic E-state index is 0.301. The van der Waals surface area contributed by atoms with Gasteiger partial charge in [-0.3, -0.25) is 0 Å². The van der Waals surface area contributed by atoms with Gasteiger partial charge in [-0.25, -0.2) is 8.78 Å². The Hall–Kier alpha value is -1.47. The molecule has 1 aromatic rings. The van der Waals surface area contributed by atoms with Gasteiger partial charge < -0.3 is 4.74 Å². The predicted octanol–water partition coefficient (Wildman–Crippen LogP) is 2.54. The molecule has 0 N–H and O–H groups in total. The average Bonchev–Trinajstić information content (AvgIpc) is 2.22. The van der Waals surface area contributed by atoms with Crippen LogP contribution >= 0.6 is 0 Å². The minimum atomic E-state index is -0.848. The molecule has 0 aliphatic carbocycles. The molecule has 1 saturated heterocycles. The molecule has 0 unspecified atom stereocenters. The first-order chi connectivity index (χ1) is 7.68. The molecule has 1 aliphatic rings. The van der Waals surface area contributed by atoms with Crippen LogP contribution in [0.3, 0.4) is 0 Å². The van der Waals surface area contributed by atoms with E-state index in [1.807, 2.05) is 0 Å². The first kappa shape index (κ1) is 11.0. The van der Waals surface area contributed by atoms with E-state index in [1.54, 1.807) is 6.07 Å². The zero-order valence-corrected chi connectivity index (χ0v) is 8.67. The van der Waals surface area contributed by atoms with Crippen molar-refractivity contribution in [2.45, 2.75) is 18.3 Å². The fraction of sp³-hybridized carbons (Fsp3) is 0.417. The molecule has 0 saturated carbocycles. The number of nitriles is 1. The van der Waals surface area contributed by atoms with E-state index in [9.17, 15) is 8.78 Å². The van der Waals surface area contributed by atoms with Crippen molar-refractivity contribution in [1.29, 1.82) is 5.26 Å². The fourth-order valence-electron chi connectivity index (χ4n) is 1.92. The molecule has 2 rings (SSSR count). The summed E-state index contributed by atoms with van der Waals surface area (Å²) in [4.78, 5) is 0. The van der Waals surface area contributed by atoms with Crippen LogP contribution in [-0.4, -0.2) is 13.2 Å². The summed E-state index contributed by atoms with van der Waals surface area (Å²) in [5.74, 6) is -1.69. The van der Waals surface area contributed by atoms with E-state index in [4.69, 9.17) is 10.00 Å². The van der Waals surface area contributed by atoms with E-state index in [0.717, 1.165) is 6.07 Å². The Morgan fingerprint density at radius 1 is 1.31 bits per heavy atom. The lowest BCUT2D eigenvalue weighted by atomic mass is 9.75. The SMILES string of the molecule is N#CCCC1(c2ccc(F)c(F)c2)COC1. The normalized spacial score (nSPS) is 17.6. The third kappa shape index (κ3) is 1.79. The number of benzene rings is 1. The standard InChI is InChI=1S/C12H11F2NO/c13-10-3-2-9(6-11(10)14)12(4-1-5-15)7-16-8-12/h2-3,6H,1,4,7-8H2. The Balaban J connectivity index is 2.26. The van der Waals surface area contributed by atoms with Gasteiger partial charge in [0.2, 0.25) is 0 Å². The second-order valence-corrected chi connectivity index (χ2v) is 4.06. The maximum Gasteiger partial charge on any atom is 0.159 e. The summed E-state index contributed by atoms with van der Waals surface area (Å²) in [7, 11) is 0. The van der Waals surface area contributed by atoms with Crippen molar-refractivity contribution in [2.75, 3.05) is 13.2 Å². The topological polar surface area (TPSA) is 33.0 Å². The van der Waals surface area contributed by atoms with Gasteiger partial charge in [0, 0.05) is 11.8 Å². The van der Waals surface area contributed by atoms with Gasteiger partial charge in [0.25, 0.3) is 0 Å². The quantitative estimate of drug-likeness (QED) is 0.788. The molecule has 0 aromatic heterocycles. The first-order valence-corrected chi connectivity index (χ1v) is 5.08. The van der Waals surface area contributed by atoms with Crippen molar-refractivity contribution in [1.82, 2.24) is 0 Å². The number of rotatable bonds is 3. The number of hydrogen-bond acceptors (Lipinski definition) is 2. The van der Waals surface area contributed by atoms with Crippen molar-refractivity contribution in [3.05, 3.63) is 35.4 Å². The van der Waals surface area contributed by atoms with Gasteiger partial charge in [0.05, 0.1) is 19.3 Å². The summed E-state index contributed by atoms with van der Waals surface area (Å²) >= 11 is 0. The predicted molar refractivity (Wildman–Crippen MR) is 53.7 cm³/mol. The molecule has 1 heterocycles. The molecule has 0 atom stereocenters. The lowest BCUT2D eigenvalue weighted by molar-refractivity contribution is -0.0638. The van der Waals surface area contributed by atoms with Crippen LogP contribution in [-0.2, 0) is 10.2 Å². The van der Waals surface area contributed by atoms with E-state index in [2.05, 4.69) is 6.07 Å². The van der Waals surface area contributed by atoms with E-state index in [1.165, 1.54) is 6.07 Å². The van der Waals surface area contributed by atoms with Crippen molar-refractivity contribution in [3.8, 4) is 6.07 Å². The van der Waals surface area contributed by atoms with Gasteiger partial charge >= 0.3 is 0 Å². The number of hydrogen-bond donors (Lipinski definition) is 0. The zero-order valence-electron chi connectivity index (χ0n) is 8.67. The monoisotopic (exact) mass is 223 g/mol. The summed E-state index contributed by atoms with van der Waals surface area (Å²) in [5, 5.41) is 8.57. The molecule has 0 radical (unpaired) electrons. The van der Waals surface area contributed by atoms with Gasteiger partial charge in [-0.05, 0) is 24.1 Å². The Labute approximate surface area is 92.5 Å². The van der Waals surface area contributed by atoms with Crippen LogP contribution in [0, 0.1) is 23.0 Å². The largest absolute Gasteiger partial charge is 0.379 e. The molecule has 2 nitrogen and oxygen atoms in total. The molecule has 0 amide bonds. The highest BCUT2D eigenvalue weighted by Gasteiger charge is 2.40. The van der Waals surface area contributed by atoms with Crippen LogP contribution in [0.4, 0.5) is 8.78 Å². The first-order valence-electron chi connectivity index (χ1n) is 5.08. The van der Waals surface area contributed by atoms with Crippen LogP contribution in [0.25, 0.3) is 0 Å². The van der Waals surface area contributed by atoms with Crippen LogP contribution in [0.1, 0.15) is 18.4 Å². The van der Waals surface area contributed by atoms with Gasteiger partial charge in [-0.15, -0.1) is 0 Å². The number of nitrogens with zero attached hydrogens (tertiary/aromatic N) is 1. The lowest BCUT2D eigenvalue weighted by Crippen LogP contribution is -2.46. The third-order valence-electron chi connectivity index (χ3n) is 3.00. The smallest absolute Gasteiger partial charge is 0.159 e. The molecule has 1 fully saturated rings. The zero-order chi connectivity index (χ0) is 11.6. The van der Waals surface area contributed by atoms with Gasteiger partial charge in [-0.1, -0.05) is 6.07 Å². The van der Waals surface area contributed by atoms with E-state index < -0.39 is 11.6 Å². The van der Waals surface area contributed by atoms with Crippen LogP contribution in [0.15, 0.2) is 18.2 Å². The molecule has 4 heteroatoms. The highest BCUT2D eigenvalue weighted by atomic mass is 19.2. The van der Waals surface area contributed by atoms with E-state index in [0.29, 0.717) is 31.6 Å². The Morgan fingerprint density at radius 3 is 2.56 bits per heavy atom. The summed E-state index contributed by atoms with van der Waals surface area (Å²) in [5.41, 5.74) is 0.414. The second-order valence-electron chi connectivity index (χ2n) is 4.06. The maximum atomic E-state index is 13.1. The van der Waals surface area contributed by atoms with Crippen molar-refractivity contribution in [2.24, 2.45) is 0 Å². The summed E-state index contributed by atoms with van der Waals surface area (Å²) in [6, 6.07) is 5.96. The van der Waals surface area contributed by atoms with Gasteiger partial charge in [0.15, 0.2) is 11.6 Å². The van der Waals surface area contributed by atoms with Gasteiger partial charge in [0.1, 0.15) is 0 Å². The molecule has 1 aliphatic heterocycles. The second kappa shape index (κ2) is 4.18. The highest BCUT2D eigenvalue weighted by Crippen LogP contribution is 2.37. The minimum Gasteiger partial charge on any atom is -0.379 e. The Morgan fingerprint density at radius 2 is 2.06 bits per heavy atom. The number of halogens is 2. The molecular formula is C12H11F2NO. The molecule has 16 heavy (non-hydrogen) atoms. The Bertz CT molecular complexity index is 435. The van der Waals surface area contributed by atoms with Gasteiger partial charge in [-0.2, -0.15) is 5.26 Å². The lowest BCUT2D eigenvalue weighted by Gasteiger charge is -2.41. The third-order valence-corrected chi connectivity index (χ3v) is 3.00. The summed E-state index contributed by atoms with van der Waals surface area (Å²) in [6.07, 6.45) is 1.01. The number of ether oxygens (including phenoxy) is 1. The highest BCUT2D eigenvalue weighted by molar-refractivity contribution is 5.29. The summed E-state index contributed by atoms with van der Waals surface area (Å²) in [6.45, 7) is 0.944. The molecular weight excluding hydrogens is 212 g/mol.